The minimum atomic E-state index is -0.993. The number of nitrogens with two attached hydrogens (primary N) is 1. The molecule has 0 unspecified atom stereocenters. The first-order chi connectivity index (χ1) is 6.78. The molecular weight excluding hydrogens is 218 g/mol. The molecule has 0 saturated carbocycles. The molecule has 0 amide bonds. The molecule has 0 aliphatic rings. The number of rotatable bonds is 5. The summed E-state index contributed by atoms with van der Waals surface area (Å²) in [5.74, 6) is -0.137. The molecule has 3 N–H and O–H groups in total. The van der Waals surface area contributed by atoms with Gasteiger partial charge in [0.1, 0.15) is 11.6 Å². The van der Waals surface area contributed by atoms with Crippen molar-refractivity contribution in [2.75, 3.05) is 5.88 Å². The molecule has 90 valence electrons. The van der Waals surface area contributed by atoms with E-state index >= 15 is 0 Å². The van der Waals surface area contributed by atoms with Crippen LogP contribution in [0.5, 0.6) is 0 Å². The van der Waals surface area contributed by atoms with Gasteiger partial charge in [-0.25, -0.2) is 0 Å². The maximum absolute atomic E-state index is 11.4. The van der Waals surface area contributed by atoms with Gasteiger partial charge in [-0.2, -0.15) is 0 Å². The Hall–Kier alpha value is -0.320. The van der Waals surface area contributed by atoms with E-state index in [9.17, 15) is 9.90 Å². The van der Waals surface area contributed by atoms with Gasteiger partial charge in [0.15, 0.2) is 0 Å². The van der Waals surface area contributed by atoms with Gasteiger partial charge in [-0.1, -0.05) is 0 Å². The summed E-state index contributed by atoms with van der Waals surface area (Å²) in [6.45, 7) is 5.26. The first-order valence-electron chi connectivity index (χ1n) is 5.00. The van der Waals surface area contributed by atoms with Gasteiger partial charge >= 0.3 is 5.97 Å². The Morgan fingerprint density at radius 2 is 2.07 bits per heavy atom. The fraction of sp³-hybridized carbons (Fsp3) is 0.900. The number of halogens is 1. The van der Waals surface area contributed by atoms with E-state index in [1.807, 2.05) is 0 Å². The number of carbonyl (C=O) groups excluding carboxylic acids is 1. The van der Waals surface area contributed by atoms with E-state index in [0.29, 0.717) is 18.7 Å². The van der Waals surface area contributed by atoms with E-state index in [2.05, 4.69) is 0 Å². The topological polar surface area (TPSA) is 72.5 Å². The summed E-state index contributed by atoms with van der Waals surface area (Å²) in [6, 6.07) is -0.993. The van der Waals surface area contributed by atoms with Gasteiger partial charge in [-0.05, 0) is 33.6 Å². The maximum atomic E-state index is 11.4. The third kappa shape index (κ3) is 6.71. The second-order valence-corrected chi connectivity index (χ2v) is 4.84. The van der Waals surface area contributed by atoms with Crippen molar-refractivity contribution in [3.8, 4) is 0 Å². The second-order valence-electron chi connectivity index (χ2n) is 4.46. The number of aliphatic hydroxyl groups is 1. The number of alkyl halides is 1. The van der Waals surface area contributed by atoms with Gasteiger partial charge < -0.3 is 15.6 Å². The molecule has 0 radical (unpaired) electrons. The normalized spacial score (nSPS) is 15.9. The van der Waals surface area contributed by atoms with E-state index in [-0.39, 0.29) is 0 Å². The zero-order valence-corrected chi connectivity index (χ0v) is 10.3. The van der Waals surface area contributed by atoms with Gasteiger partial charge in [-0.3, -0.25) is 4.79 Å². The van der Waals surface area contributed by atoms with Crippen LogP contribution < -0.4 is 5.73 Å². The average molecular weight is 238 g/mol. The largest absolute Gasteiger partial charge is 0.459 e. The summed E-state index contributed by atoms with van der Waals surface area (Å²) >= 11 is 5.47. The van der Waals surface area contributed by atoms with E-state index in [1.54, 1.807) is 20.8 Å². The number of carbonyl (C=O) groups is 1. The van der Waals surface area contributed by atoms with Crippen LogP contribution in [-0.4, -0.2) is 34.7 Å². The third-order valence-corrected chi connectivity index (χ3v) is 1.99. The van der Waals surface area contributed by atoms with E-state index in [0.717, 1.165) is 0 Å². The summed E-state index contributed by atoms with van der Waals surface area (Å²) in [7, 11) is 0. The number of aliphatic hydroxyl groups excluding tert-OH is 1. The van der Waals surface area contributed by atoms with E-state index < -0.39 is 23.7 Å². The molecule has 0 spiro atoms. The zero-order chi connectivity index (χ0) is 12.1. The molecule has 0 fully saturated rings. The molecule has 0 aliphatic carbocycles. The van der Waals surface area contributed by atoms with Crippen LogP contribution in [0, 0.1) is 0 Å². The molecule has 0 aromatic carbocycles. The predicted molar refractivity (Wildman–Crippen MR) is 59.8 cm³/mol. The van der Waals surface area contributed by atoms with Gasteiger partial charge in [0.05, 0.1) is 6.10 Å². The maximum Gasteiger partial charge on any atom is 0.326 e. The molecular formula is C10H20ClNO3. The van der Waals surface area contributed by atoms with Gasteiger partial charge in [0, 0.05) is 5.88 Å². The highest BCUT2D eigenvalue weighted by Gasteiger charge is 2.27. The first kappa shape index (κ1) is 14.7. The van der Waals surface area contributed by atoms with Crippen LogP contribution in [0.15, 0.2) is 0 Å². The van der Waals surface area contributed by atoms with Crippen molar-refractivity contribution in [1.29, 1.82) is 0 Å². The lowest BCUT2D eigenvalue weighted by atomic mass is 10.1. The second kappa shape index (κ2) is 6.30. The molecule has 0 aromatic heterocycles. The summed E-state index contributed by atoms with van der Waals surface area (Å²) in [4.78, 5) is 11.4. The molecule has 0 rings (SSSR count). The Morgan fingerprint density at radius 3 is 2.47 bits per heavy atom. The molecule has 2 atom stereocenters. The van der Waals surface area contributed by atoms with Crippen LogP contribution in [0.1, 0.15) is 33.6 Å². The van der Waals surface area contributed by atoms with Gasteiger partial charge in [0.2, 0.25) is 0 Å². The Balaban J connectivity index is 4.08. The van der Waals surface area contributed by atoms with Crippen molar-refractivity contribution < 1.29 is 14.6 Å². The molecule has 0 aliphatic heterocycles. The molecule has 0 bridgehead atoms. The Morgan fingerprint density at radius 1 is 1.53 bits per heavy atom. The first-order valence-corrected chi connectivity index (χ1v) is 5.54. The number of hydrogen-bond donors (Lipinski definition) is 2. The fourth-order valence-electron chi connectivity index (χ4n) is 0.993. The quantitative estimate of drug-likeness (QED) is 0.554. The fourth-order valence-corrected chi connectivity index (χ4v) is 1.15. The highest BCUT2D eigenvalue weighted by molar-refractivity contribution is 6.17. The summed E-state index contributed by atoms with van der Waals surface area (Å²) in [5.41, 5.74) is 4.96. The molecule has 0 saturated heterocycles. The van der Waals surface area contributed by atoms with E-state index in [1.165, 1.54) is 0 Å². The van der Waals surface area contributed by atoms with Crippen LogP contribution in [0.3, 0.4) is 0 Å². The number of hydrogen-bond acceptors (Lipinski definition) is 4. The molecule has 5 heteroatoms. The zero-order valence-electron chi connectivity index (χ0n) is 9.50. The molecule has 4 nitrogen and oxygen atoms in total. The summed E-state index contributed by atoms with van der Waals surface area (Å²) in [6.07, 6.45) is 0.141. The molecule has 0 heterocycles. The van der Waals surface area contributed by atoms with Crippen LogP contribution in [0.2, 0.25) is 0 Å². The minimum Gasteiger partial charge on any atom is -0.459 e. The Labute approximate surface area is 95.7 Å². The van der Waals surface area contributed by atoms with Crippen LogP contribution in [-0.2, 0) is 9.53 Å². The van der Waals surface area contributed by atoms with Crippen molar-refractivity contribution in [1.82, 2.24) is 0 Å². The Bertz CT molecular complexity index is 203. The summed E-state index contributed by atoms with van der Waals surface area (Å²) < 4.78 is 5.04. The van der Waals surface area contributed by atoms with Crippen molar-refractivity contribution in [3.05, 3.63) is 0 Å². The number of esters is 1. The molecule has 15 heavy (non-hydrogen) atoms. The van der Waals surface area contributed by atoms with Crippen molar-refractivity contribution in [2.24, 2.45) is 5.73 Å². The molecule has 0 aromatic rings. The van der Waals surface area contributed by atoms with Gasteiger partial charge in [-0.15, -0.1) is 11.6 Å². The van der Waals surface area contributed by atoms with Gasteiger partial charge in [0.25, 0.3) is 0 Å². The lowest BCUT2D eigenvalue weighted by Gasteiger charge is -2.24. The lowest BCUT2D eigenvalue weighted by molar-refractivity contribution is -0.159. The number of ether oxygens (including phenoxy) is 1. The lowest BCUT2D eigenvalue weighted by Crippen LogP contribution is -2.45. The van der Waals surface area contributed by atoms with Crippen LogP contribution in [0.25, 0.3) is 0 Å². The SMILES string of the molecule is CC(C)(C)OC(=O)[C@@H](N)[C@@H](O)CCCCl. The minimum absolute atomic E-state index is 0.407. The van der Waals surface area contributed by atoms with Crippen molar-refractivity contribution in [3.63, 3.8) is 0 Å². The third-order valence-electron chi connectivity index (χ3n) is 1.73. The monoisotopic (exact) mass is 237 g/mol. The van der Waals surface area contributed by atoms with Crippen LogP contribution >= 0.6 is 11.6 Å². The van der Waals surface area contributed by atoms with E-state index in [4.69, 9.17) is 22.1 Å². The van der Waals surface area contributed by atoms with Crippen molar-refractivity contribution in [2.45, 2.75) is 51.4 Å². The summed E-state index contributed by atoms with van der Waals surface area (Å²) in [5, 5.41) is 9.53. The highest BCUT2D eigenvalue weighted by Crippen LogP contribution is 2.10. The van der Waals surface area contributed by atoms with Crippen LogP contribution in [0.4, 0.5) is 0 Å². The average Bonchev–Trinajstić information content (AvgIpc) is 2.10. The van der Waals surface area contributed by atoms with Crippen molar-refractivity contribution >= 4 is 17.6 Å². The predicted octanol–water partition coefficient (Wildman–Crippen LogP) is 1.04. The smallest absolute Gasteiger partial charge is 0.326 e. The standard InChI is InChI=1S/C10H20ClNO3/c1-10(2,3)15-9(14)8(12)7(13)5-4-6-11/h7-8,13H,4-6,12H2,1-3H3/t7-,8-/m0/s1. The Kier molecular flexibility index (Phi) is 6.17. The highest BCUT2D eigenvalue weighted by atomic mass is 35.5.